The Hall–Kier alpha value is -2.82. The number of amides is 2. The van der Waals surface area contributed by atoms with Crippen molar-refractivity contribution in [2.75, 3.05) is 13.7 Å². The molecule has 5 nitrogen and oxygen atoms in total. The standard InChI is InChI=1S/C25H34N2O3/c1-6-7-13-26-25(29)20(4)27(17-21-9-8-10-23(15-21)30-5)24(28)16-22-14-18(2)11-12-19(22)3/h8-12,14-15,20H,6-7,13,16-17H2,1-5H3,(H,26,29)/t20-/m1/s1. The number of nitrogens with one attached hydrogen (secondary N) is 1. The maximum absolute atomic E-state index is 13.3. The smallest absolute Gasteiger partial charge is 0.242 e. The van der Waals surface area contributed by atoms with Gasteiger partial charge in [-0.2, -0.15) is 0 Å². The van der Waals surface area contributed by atoms with E-state index >= 15 is 0 Å². The first-order valence-corrected chi connectivity index (χ1v) is 10.6. The third-order valence-electron chi connectivity index (χ3n) is 5.33. The fourth-order valence-corrected chi connectivity index (χ4v) is 3.34. The molecule has 5 heteroatoms. The molecule has 2 aromatic rings. The molecule has 0 saturated carbocycles. The molecule has 0 bridgehead atoms. The van der Waals surface area contributed by atoms with E-state index in [1.807, 2.05) is 56.3 Å². The highest BCUT2D eigenvalue weighted by Gasteiger charge is 2.26. The molecule has 30 heavy (non-hydrogen) atoms. The van der Waals surface area contributed by atoms with Gasteiger partial charge in [-0.3, -0.25) is 9.59 Å². The fourth-order valence-electron chi connectivity index (χ4n) is 3.34. The van der Waals surface area contributed by atoms with E-state index in [0.717, 1.165) is 40.8 Å². The molecule has 0 heterocycles. The average Bonchev–Trinajstić information content (AvgIpc) is 2.74. The van der Waals surface area contributed by atoms with Gasteiger partial charge in [-0.15, -0.1) is 0 Å². The van der Waals surface area contributed by atoms with Crippen molar-refractivity contribution in [3.8, 4) is 5.75 Å². The highest BCUT2D eigenvalue weighted by molar-refractivity contribution is 5.88. The van der Waals surface area contributed by atoms with E-state index in [1.165, 1.54) is 0 Å². The molecule has 2 aromatic carbocycles. The highest BCUT2D eigenvalue weighted by atomic mass is 16.5. The monoisotopic (exact) mass is 410 g/mol. The number of ether oxygens (including phenoxy) is 1. The van der Waals surface area contributed by atoms with E-state index in [9.17, 15) is 9.59 Å². The second-order valence-electron chi connectivity index (χ2n) is 7.80. The lowest BCUT2D eigenvalue weighted by atomic mass is 10.0. The molecule has 162 valence electrons. The summed E-state index contributed by atoms with van der Waals surface area (Å²) in [6.07, 6.45) is 2.20. The molecule has 0 spiro atoms. The lowest BCUT2D eigenvalue weighted by Gasteiger charge is -2.29. The topological polar surface area (TPSA) is 58.6 Å². The predicted octanol–water partition coefficient (Wildman–Crippen LogP) is 4.19. The number of hydrogen-bond donors (Lipinski definition) is 1. The summed E-state index contributed by atoms with van der Waals surface area (Å²) < 4.78 is 5.31. The zero-order chi connectivity index (χ0) is 22.1. The summed E-state index contributed by atoms with van der Waals surface area (Å²) in [6, 6.07) is 13.2. The van der Waals surface area contributed by atoms with Gasteiger partial charge in [0.2, 0.25) is 11.8 Å². The first kappa shape index (κ1) is 23.5. The largest absolute Gasteiger partial charge is 0.497 e. The summed E-state index contributed by atoms with van der Waals surface area (Å²) in [7, 11) is 1.62. The second-order valence-corrected chi connectivity index (χ2v) is 7.80. The normalized spacial score (nSPS) is 11.6. The van der Waals surface area contributed by atoms with Gasteiger partial charge < -0.3 is 15.0 Å². The van der Waals surface area contributed by atoms with Crippen molar-refractivity contribution in [2.24, 2.45) is 0 Å². The summed E-state index contributed by atoms with van der Waals surface area (Å²) >= 11 is 0. The van der Waals surface area contributed by atoms with Crippen LogP contribution >= 0.6 is 0 Å². The van der Waals surface area contributed by atoms with Crippen molar-refractivity contribution in [3.63, 3.8) is 0 Å². The van der Waals surface area contributed by atoms with E-state index in [0.29, 0.717) is 13.1 Å². The van der Waals surface area contributed by atoms with Crippen molar-refractivity contribution in [3.05, 3.63) is 64.7 Å². The molecule has 0 aliphatic rings. The van der Waals surface area contributed by atoms with E-state index in [1.54, 1.807) is 18.9 Å². The molecule has 0 unspecified atom stereocenters. The SMILES string of the molecule is CCCCNC(=O)[C@@H](C)N(Cc1cccc(OC)c1)C(=O)Cc1cc(C)ccc1C. The minimum absolute atomic E-state index is 0.0651. The summed E-state index contributed by atoms with van der Waals surface area (Å²) in [5.74, 6) is 0.541. The number of hydrogen-bond acceptors (Lipinski definition) is 3. The van der Waals surface area contributed by atoms with Crippen molar-refractivity contribution in [1.29, 1.82) is 0 Å². The molecule has 1 atom stereocenters. The first-order valence-electron chi connectivity index (χ1n) is 10.6. The van der Waals surface area contributed by atoms with Crippen molar-refractivity contribution >= 4 is 11.8 Å². The van der Waals surface area contributed by atoms with Crippen LogP contribution in [0.5, 0.6) is 5.75 Å². The molecule has 0 radical (unpaired) electrons. The van der Waals surface area contributed by atoms with Gasteiger partial charge in [0, 0.05) is 13.1 Å². The van der Waals surface area contributed by atoms with Crippen LogP contribution < -0.4 is 10.1 Å². The Labute approximate surface area is 180 Å². The zero-order valence-corrected chi connectivity index (χ0v) is 18.8. The quantitative estimate of drug-likeness (QED) is 0.598. The lowest BCUT2D eigenvalue weighted by molar-refractivity contribution is -0.140. The highest BCUT2D eigenvalue weighted by Crippen LogP contribution is 2.18. The van der Waals surface area contributed by atoms with Gasteiger partial charge in [-0.05, 0) is 56.0 Å². The molecule has 2 rings (SSSR count). The summed E-state index contributed by atoms with van der Waals surface area (Å²) in [6.45, 7) is 8.88. The maximum Gasteiger partial charge on any atom is 0.242 e. The van der Waals surface area contributed by atoms with E-state index < -0.39 is 6.04 Å². The Kier molecular flexibility index (Phi) is 8.90. The van der Waals surface area contributed by atoms with Crippen LogP contribution in [-0.4, -0.2) is 36.4 Å². The number of benzene rings is 2. The average molecular weight is 411 g/mol. The molecule has 0 saturated heterocycles. The molecule has 0 aliphatic heterocycles. The fraction of sp³-hybridized carbons (Fsp3) is 0.440. The van der Waals surface area contributed by atoms with Crippen LogP contribution in [0, 0.1) is 13.8 Å². The number of carbonyl (C=O) groups excluding carboxylic acids is 2. The third-order valence-corrected chi connectivity index (χ3v) is 5.33. The number of nitrogens with zero attached hydrogens (tertiary/aromatic N) is 1. The van der Waals surface area contributed by atoms with E-state index in [-0.39, 0.29) is 18.2 Å². The minimum Gasteiger partial charge on any atom is -0.497 e. The van der Waals surface area contributed by atoms with Crippen molar-refractivity contribution < 1.29 is 14.3 Å². The molecular formula is C25H34N2O3. The molecule has 2 amide bonds. The van der Waals surface area contributed by atoms with Gasteiger partial charge in [0.25, 0.3) is 0 Å². The maximum atomic E-state index is 13.3. The molecule has 1 N–H and O–H groups in total. The van der Waals surface area contributed by atoms with Gasteiger partial charge in [0.15, 0.2) is 0 Å². The zero-order valence-electron chi connectivity index (χ0n) is 18.8. The van der Waals surface area contributed by atoms with Crippen molar-refractivity contribution in [1.82, 2.24) is 10.2 Å². The molecule has 0 aromatic heterocycles. The van der Waals surface area contributed by atoms with E-state index in [2.05, 4.69) is 12.2 Å². The van der Waals surface area contributed by atoms with Gasteiger partial charge in [0.05, 0.1) is 13.5 Å². The number of carbonyl (C=O) groups is 2. The third kappa shape index (κ3) is 6.61. The number of rotatable bonds is 10. The Morgan fingerprint density at radius 1 is 1.13 bits per heavy atom. The Balaban J connectivity index is 2.25. The predicted molar refractivity (Wildman–Crippen MR) is 121 cm³/mol. The number of aryl methyl sites for hydroxylation is 2. The summed E-state index contributed by atoms with van der Waals surface area (Å²) in [5.41, 5.74) is 4.12. The lowest BCUT2D eigenvalue weighted by Crippen LogP contribution is -2.48. The molecule has 0 aliphatic carbocycles. The summed E-state index contributed by atoms with van der Waals surface area (Å²) in [4.78, 5) is 27.7. The van der Waals surface area contributed by atoms with Crippen LogP contribution in [-0.2, 0) is 22.6 Å². The van der Waals surface area contributed by atoms with Gasteiger partial charge in [-0.1, -0.05) is 49.2 Å². The van der Waals surface area contributed by atoms with Crippen LogP contribution in [0.15, 0.2) is 42.5 Å². The molecular weight excluding hydrogens is 376 g/mol. The van der Waals surface area contributed by atoms with Crippen LogP contribution in [0.1, 0.15) is 48.9 Å². The number of methoxy groups -OCH3 is 1. The summed E-state index contributed by atoms with van der Waals surface area (Å²) in [5, 5.41) is 2.95. The van der Waals surface area contributed by atoms with Crippen LogP contribution in [0.2, 0.25) is 0 Å². The van der Waals surface area contributed by atoms with Gasteiger partial charge in [-0.25, -0.2) is 0 Å². The van der Waals surface area contributed by atoms with Crippen LogP contribution in [0.3, 0.4) is 0 Å². The van der Waals surface area contributed by atoms with Crippen LogP contribution in [0.25, 0.3) is 0 Å². The Morgan fingerprint density at radius 2 is 1.90 bits per heavy atom. The second kappa shape index (κ2) is 11.4. The minimum atomic E-state index is -0.564. The van der Waals surface area contributed by atoms with Gasteiger partial charge in [0.1, 0.15) is 11.8 Å². The Bertz CT molecular complexity index is 863. The van der Waals surface area contributed by atoms with Crippen molar-refractivity contribution in [2.45, 2.75) is 59.5 Å². The Morgan fingerprint density at radius 3 is 2.60 bits per heavy atom. The van der Waals surface area contributed by atoms with Gasteiger partial charge >= 0.3 is 0 Å². The first-order chi connectivity index (χ1) is 14.3. The van der Waals surface area contributed by atoms with Crippen LogP contribution in [0.4, 0.5) is 0 Å². The number of unbranched alkanes of at least 4 members (excludes halogenated alkanes) is 1. The van der Waals surface area contributed by atoms with E-state index in [4.69, 9.17) is 4.74 Å². The molecule has 0 fully saturated rings.